The van der Waals surface area contributed by atoms with Crippen LogP contribution in [0.1, 0.15) is 0 Å². The first-order valence-corrected chi connectivity index (χ1v) is 4.61. The van der Waals surface area contributed by atoms with Gasteiger partial charge in [-0.3, -0.25) is 5.14 Å². The normalized spacial score (nSPS) is 10.2. The topological polar surface area (TPSA) is 56.7 Å². The Kier molecular flexibility index (Phi) is 2.29. The van der Waals surface area contributed by atoms with Crippen molar-refractivity contribution in [1.29, 1.82) is 0 Å². The van der Waals surface area contributed by atoms with Crippen LogP contribution >= 0.6 is 11.9 Å². The van der Waals surface area contributed by atoms with Crippen molar-refractivity contribution in [2.24, 2.45) is 5.14 Å². The summed E-state index contributed by atoms with van der Waals surface area (Å²) in [7, 11) is 0. The van der Waals surface area contributed by atoms with Crippen LogP contribution in [0, 0.1) is 0 Å². The molecule has 2 N–H and O–H groups in total. The van der Waals surface area contributed by atoms with Gasteiger partial charge >= 0.3 is 0 Å². The van der Waals surface area contributed by atoms with E-state index < -0.39 is 0 Å². The Morgan fingerprint density at radius 3 is 2.85 bits per heavy atom. The van der Waals surface area contributed by atoms with Gasteiger partial charge in [-0.25, -0.2) is 9.67 Å². The Balaban J connectivity index is 2.33. The Morgan fingerprint density at radius 1 is 1.38 bits per heavy atom. The summed E-state index contributed by atoms with van der Waals surface area (Å²) >= 11 is 1.18. The molecule has 0 unspecified atom stereocenters. The van der Waals surface area contributed by atoms with Gasteiger partial charge in [0.15, 0.2) is 5.82 Å². The van der Waals surface area contributed by atoms with E-state index in [0.29, 0.717) is 0 Å². The molecule has 0 saturated carbocycles. The standard InChI is InChI=1S/C8H8N4S/c9-13-7-2-3-8(10-6-7)12-5-1-4-11-12/h1-6H,9H2. The summed E-state index contributed by atoms with van der Waals surface area (Å²) in [4.78, 5) is 5.13. The van der Waals surface area contributed by atoms with Gasteiger partial charge in [0, 0.05) is 23.5 Å². The van der Waals surface area contributed by atoms with Crippen molar-refractivity contribution in [1.82, 2.24) is 14.8 Å². The zero-order valence-electron chi connectivity index (χ0n) is 6.79. The predicted octanol–water partition coefficient (Wildman–Crippen LogP) is 1.23. The van der Waals surface area contributed by atoms with Crippen molar-refractivity contribution in [2.75, 3.05) is 0 Å². The van der Waals surface area contributed by atoms with Crippen LogP contribution < -0.4 is 5.14 Å². The molecule has 2 aromatic heterocycles. The molecule has 0 atom stereocenters. The SMILES string of the molecule is NSc1ccc(-n2cccn2)nc1. The quantitative estimate of drug-likeness (QED) is 0.727. The van der Waals surface area contributed by atoms with Crippen molar-refractivity contribution in [3.63, 3.8) is 0 Å². The summed E-state index contributed by atoms with van der Waals surface area (Å²) in [5, 5.41) is 9.43. The number of pyridine rings is 1. The molecule has 0 amide bonds. The summed E-state index contributed by atoms with van der Waals surface area (Å²) in [5.41, 5.74) is 0. The molecular weight excluding hydrogens is 184 g/mol. The van der Waals surface area contributed by atoms with E-state index in [1.807, 2.05) is 24.4 Å². The Hall–Kier alpha value is -1.33. The van der Waals surface area contributed by atoms with E-state index in [1.165, 1.54) is 11.9 Å². The van der Waals surface area contributed by atoms with Gasteiger partial charge in [0.2, 0.25) is 0 Å². The maximum atomic E-state index is 5.37. The third kappa shape index (κ3) is 1.71. The van der Waals surface area contributed by atoms with Crippen LogP contribution in [0.25, 0.3) is 5.82 Å². The van der Waals surface area contributed by atoms with Gasteiger partial charge in [-0.05, 0) is 30.1 Å². The second-order valence-corrected chi connectivity index (χ2v) is 3.13. The van der Waals surface area contributed by atoms with Crippen molar-refractivity contribution in [3.8, 4) is 5.82 Å². The lowest BCUT2D eigenvalue weighted by Gasteiger charge is -1.99. The van der Waals surface area contributed by atoms with Crippen LogP contribution in [-0.2, 0) is 0 Å². The van der Waals surface area contributed by atoms with Gasteiger partial charge in [-0.15, -0.1) is 0 Å². The molecule has 13 heavy (non-hydrogen) atoms. The molecule has 0 radical (unpaired) electrons. The summed E-state index contributed by atoms with van der Waals surface area (Å²) in [6, 6.07) is 5.64. The van der Waals surface area contributed by atoms with Gasteiger partial charge in [0.1, 0.15) is 0 Å². The molecule has 0 aromatic carbocycles. The zero-order valence-corrected chi connectivity index (χ0v) is 7.61. The Morgan fingerprint density at radius 2 is 2.31 bits per heavy atom. The van der Waals surface area contributed by atoms with E-state index in [-0.39, 0.29) is 0 Å². The van der Waals surface area contributed by atoms with E-state index in [1.54, 1.807) is 17.1 Å². The molecule has 2 rings (SSSR count). The lowest BCUT2D eigenvalue weighted by molar-refractivity contribution is 0.843. The third-order valence-corrected chi connectivity index (χ3v) is 2.11. The summed E-state index contributed by atoms with van der Waals surface area (Å²) in [6.45, 7) is 0. The van der Waals surface area contributed by atoms with Gasteiger partial charge < -0.3 is 0 Å². The maximum absolute atomic E-state index is 5.37. The van der Waals surface area contributed by atoms with Crippen molar-refractivity contribution >= 4 is 11.9 Å². The van der Waals surface area contributed by atoms with Gasteiger partial charge in [-0.1, -0.05) is 0 Å². The van der Waals surface area contributed by atoms with E-state index >= 15 is 0 Å². The highest BCUT2D eigenvalue weighted by atomic mass is 32.2. The smallest absolute Gasteiger partial charge is 0.153 e. The minimum Gasteiger partial charge on any atom is -0.274 e. The average Bonchev–Trinajstić information content (AvgIpc) is 2.71. The summed E-state index contributed by atoms with van der Waals surface area (Å²) in [5.74, 6) is 0.794. The van der Waals surface area contributed by atoms with Crippen LogP contribution in [0.3, 0.4) is 0 Å². The van der Waals surface area contributed by atoms with Crippen LogP contribution in [0.5, 0.6) is 0 Å². The largest absolute Gasteiger partial charge is 0.274 e. The van der Waals surface area contributed by atoms with E-state index in [9.17, 15) is 0 Å². The number of aromatic nitrogens is 3. The van der Waals surface area contributed by atoms with Crippen molar-refractivity contribution < 1.29 is 0 Å². The van der Waals surface area contributed by atoms with Gasteiger partial charge in [-0.2, -0.15) is 5.10 Å². The molecule has 0 fully saturated rings. The lowest BCUT2D eigenvalue weighted by atomic mass is 10.5. The first-order chi connectivity index (χ1) is 6.40. The summed E-state index contributed by atoms with van der Waals surface area (Å²) in [6.07, 6.45) is 5.28. The number of rotatable bonds is 2. The molecular formula is C8H8N4S. The number of nitrogens with zero attached hydrogens (tertiary/aromatic N) is 3. The second-order valence-electron chi connectivity index (χ2n) is 2.42. The first-order valence-electron chi connectivity index (χ1n) is 3.73. The lowest BCUT2D eigenvalue weighted by Crippen LogP contribution is -1.97. The fourth-order valence-corrected chi connectivity index (χ4v) is 1.24. The monoisotopic (exact) mass is 192 g/mol. The molecule has 0 bridgehead atoms. The zero-order chi connectivity index (χ0) is 9.10. The molecule has 66 valence electrons. The Labute approximate surface area is 79.9 Å². The minimum absolute atomic E-state index is 0.794. The number of hydrogen-bond acceptors (Lipinski definition) is 4. The van der Waals surface area contributed by atoms with E-state index in [0.717, 1.165) is 10.7 Å². The van der Waals surface area contributed by atoms with Crippen molar-refractivity contribution in [3.05, 3.63) is 36.8 Å². The van der Waals surface area contributed by atoms with E-state index in [2.05, 4.69) is 10.1 Å². The van der Waals surface area contributed by atoms with Crippen LogP contribution in [-0.4, -0.2) is 14.8 Å². The summed E-state index contributed by atoms with van der Waals surface area (Å²) < 4.78 is 1.70. The molecule has 0 aliphatic rings. The molecule has 0 saturated heterocycles. The van der Waals surface area contributed by atoms with Gasteiger partial charge in [0.25, 0.3) is 0 Å². The highest BCUT2D eigenvalue weighted by Gasteiger charge is 1.96. The van der Waals surface area contributed by atoms with Crippen molar-refractivity contribution in [2.45, 2.75) is 4.90 Å². The molecule has 0 aliphatic heterocycles. The predicted molar refractivity (Wildman–Crippen MR) is 51.4 cm³/mol. The number of hydrogen-bond donors (Lipinski definition) is 1. The Bertz CT molecular complexity index is 368. The molecule has 0 aliphatic carbocycles. The third-order valence-electron chi connectivity index (χ3n) is 1.60. The molecule has 4 nitrogen and oxygen atoms in total. The molecule has 2 aromatic rings. The number of nitrogens with two attached hydrogens (primary N) is 1. The van der Waals surface area contributed by atoms with Gasteiger partial charge in [0.05, 0.1) is 0 Å². The first kappa shape index (κ1) is 8.28. The van der Waals surface area contributed by atoms with Crippen LogP contribution in [0.2, 0.25) is 0 Å². The molecule has 5 heteroatoms. The molecule has 0 spiro atoms. The highest BCUT2D eigenvalue weighted by Crippen LogP contribution is 2.11. The fraction of sp³-hybridized carbons (Fsp3) is 0. The van der Waals surface area contributed by atoms with E-state index in [4.69, 9.17) is 5.14 Å². The van der Waals surface area contributed by atoms with Crippen LogP contribution in [0.4, 0.5) is 0 Å². The highest BCUT2D eigenvalue weighted by molar-refractivity contribution is 7.97. The average molecular weight is 192 g/mol. The minimum atomic E-state index is 0.794. The van der Waals surface area contributed by atoms with Crippen LogP contribution in [0.15, 0.2) is 41.7 Å². The second kappa shape index (κ2) is 3.59. The maximum Gasteiger partial charge on any atom is 0.153 e. The molecule has 2 heterocycles. The fourth-order valence-electron chi connectivity index (χ4n) is 0.982.